The number of carbonyl (C=O) groups is 3. The van der Waals surface area contributed by atoms with Crippen LogP contribution in [-0.4, -0.2) is 134 Å². The van der Waals surface area contributed by atoms with Crippen molar-refractivity contribution >= 4 is 29.3 Å². The molecular formula is C48H62N4O10. The number of esters is 3. The number of likely N-dealkylation sites (N-methyl/N-ethyl adjacent to an activating group) is 1. The first-order valence-electron chi connectivity index (χ1n) is 22.7. The number of nitrogens with one attached hydrogen (secondary N) is 1. The number of nitrogens with zero attached hydrogens (tertiary/aromatic N) is 3. The van der Waals surface area contributed by atoms with E-state index in [1.165, 1.54) is 14.0 Å². The van der Waals surface area contributed by atoms with Crippen molar-refractivity contribution in [2.45, 2.75) is 131 Å². The maximum absolute atomic E-state index is 15.5. The molecule has 62 heavy (non-hydrogen) atoms. The highest BCUT2D eigenvalue weighted by molar-refractivity contribution is 5.90. The van der Waals surface area contributed by atoms with Crippen LogP contribution in [0.4, 0.5) is 11.4 Å². The Morgan fingerprint density at radius 3 is 2.55 bits per heavy atom. The van der Waals surface area contributed by atoms with Crippen LogP contribution in [0.2, 0.25) is 0 Å². The van der Waals surface area contributed by atoms with Crippen LogP contribution in [0, 0.1) is 16.5 Å². The lowest BCUT2D eigenvalue weighted by Crippen LogP contribution is -2.81. The first kappa shape index (κ1) is 41.8. The monoisotopic (exact) mass is 854 g/mol. The van der Waals surface area contributed by atoms with E-state index < -0.39 is 69.6 Å². The predicted molar refractivity (Wildman–Crippen MR) is 230 cm³/mol. The molecule has 334 valence electrons. The van der Waals surface area contributed by atoms with Crippen LogP contribution >= 0.6 is 0 Å². The molecule has 2 N–H and O–H groups in total. The zero-order valence-corrected chi connectivity index (χ0v) is 37.3. The molecule has 2 bridgehead atoms. The largest absolute Gasteiger partial charge is 0.633 e. The molecule has 4 saturated heterocycles. The van der Waals surface area contributed by atoms with Gasteiger partial charge in [-0.3, -0.25) is 14.5 Å². The third kappa shape index (κ3) is 5.24. The number of rotatable bonds is 8. The van der Waals surface area contributed by atoms with Gasteiger partial charge in [0.05, 0.1) is 45.5 Å². The molecular weight excluding hydrogens is 793 g/mol. The van der Waals surface area contributed by atoms with Gasteiger partial charge in [-0.25, -0.2) is 4.79 Å². The summed E-state index contributed by atoms with van der Waals surface area (Å²) >= 11 is 0. The molecule has 14 heteroatoms. The minimum atomic E-state index is -2.33. The molecule has 0 radical (unpaired) electrons. The van der Waals surface area contributed by atoms with Crippen LogP contribution in [0.25, 0.3) is 0 Å². The second-order valence-corrected chi connectivity index (χ2v) is 20.0. The number of carbonyl (C=O) groups excluding carboxylic acids is 3. The van der Waals surface area contributed by atoms with Gasteiger partial charge in [0.15, 0.2) is 6.10 Å². The number of ether oxygens (including phenoxy) is 5. The van der Waals surface area contributed by atoms with Crippen LogP contribution < -0.4 is 15.0 Å². The Kier molecular flexibility index (Phi) is 9.36. The number of epoxide rings is 1. The molecule has 0 aromatic heterocycles. The normalized spacial score (nSPS) is 41.8. The van der Waals surface area contributed by atoms with Crippen molar-refractivity contribution in [2.75, 3.05) is 64.2 Å². The number of hydrogen-bond donors (Lipinski definition) is 2. The second-order valence-electron chi connectivity index (χ2n) is 20.0. The lowest BCUT2D eigenvalue weighted by molar-refractivity contribution is -0.890. The number of hydrogen-bond acceptors (Lipinski definition) is 13. The lowest BCUT2D eigenvalue weighted by Gasteiger charge is -2.63. The number of hydroxylamine groups is 3. The molecule has 1 spiro atoms. The SMILES string of the molecule is CCC12C[N+]3([O-])CCC4c5ccccc5NC4[C@@](C(=O)OC)(c4cc5c(cc4OC)N(C)[C@@H]4[C@](O)(C(=O)OC(C)C)[C@@H](OC(C)=O)[C@@]6(CC)C=CCN7CC[C@@]54[C@H]76)CC(C3)C1O2. The van der Waals surface area contributed by atoms with Gasteiger partial charge in [-0.2, -0.15) is 0 Å². The molecule has 13 atom stereocenters. The van der Waals surface area contributed by atoms with Crippen molar-refractivity contribution < 1.29 is 47.8 Å². The summed E-state index contributed by atoms with van der Waals surface area (Å²) in [5.74, 6) is -1.93. The highest BCUT2D eigenvalue weighted by atomic mass is 16.6. The summed E-state index contributed by atoms with van der Waals surface area (Å²) in [4.78, 5) is 47.9. The number of piperidine rings is 1. The van der Waals surface area contributed by atoms with Crippen LogP contribution in [0.1, 0.15) is 89.3 Å². The minimum Gasteiger partial charge on any atom is -0.633 e. The van der Waals surface area contributed by atoms with Crippen LogP contribution in [0.3, 0.4) is 0 Å². The Hall–Kier alpha value is -4.21. The molecule has 7 aliphatic heterocycles. The Morgan fingerprint density at radius 1 is 1.08 bits per heavy atom. The topological polar surface area (TPSA) is 162 Å². The van der Waals surface area contributed by atoms with Crippen LogP contribution in [0.15, 0.2) is 48.6 Å². The van der Waals surface area contributed by atoms with E-state index in [0.29, 0.717) is 69.7 Å². The average Bonchev–Trinajstić information content (AvgIpc) is 3.51. The summed E-state index contributed by atoms with van der Waals surface area (Å²) in [7, 11) is 4.91. The Bertz CT molecular complexity index is 2250. The average molecular weight is 855 g/mol. The molecule has 10 rings (SSSR count). The Morgan fingerprint density at radius 2 is 1.85 bits per heavy atom. The number of benzene rings is 2. The van der Waals surface area contributed by atoms with Gasteiger partial charge in [-0.05, 0) is 69.3 Å². The van der Waals surface area contributed by atoms with Gasteiger partial charge >= 0.3 is 17.9 Å². The summed E-state index contributed by atoms with van der Waals surface area (Å²) in [5.41, 5.74) is -2.00. The summed E-state index contributed by atoms with van der Waals surface area (Å²) in [6.07, 6.45) is 4.62. The Balaban J connectivity index is 1.25. The van der Waals surface area contributed by atoms with E-state index in [9.17, 15) is 19.9 Å². The first-order chi connectivity index (χ1) is 29.5. The van der Waals surface area contributed by atoms with Gasteiger partial charge in [-0.1, -0.05) is 44.2 Å². The number of anilines is 2. The smallest absolute Gasteiger partial charge is 0.344 e. The first-order valence-corrected chi connectivity index (χ1v) is 22.7. The molecule has 0 amide bonds. The number of methoxy groups -OCH3 is 2. The molecule has 1 saturated carbocycles. The summed E-state index contributed by atoms with van der Waals surface area (Å²) in [6.45, 7) is 11.3. The van der Waals surface area contributed by atoms with Crippen molar-refractivity contribution in [1.82, 2.24) is 4.90 Å². The molecule has 2 aromatic rings. The van der Waals surface area contributed by atoms with Crippen molar-refractivity contribution in [2.24, 2.45) is 11.3 Å². The molecule has 6 unspecified atom stereocenters. The number of quaternary nitrogens is 1. The van der Waals surface area contributed by atoms with Crippen LogP contribution in [-0.2, 0) is 44.2 Å². The van der Waals surface area contributed by atoms with E-state index in [4.69, 9.17) is 23.7 Å². The molecule has 7 heterocycles. The maximum Gasteiger partial charge on any atom is 0.344 e. The fourth-order valence-electron chi connectivity index (χ4n) is 14.8. The van der Waals surface area contributed by atoms with Crippen molar-refractivity contribution in [3.8, 4) is 5.75 Å². The van der Waals surface area contributed by atoms with Gasteiger partial charge < -0.3 is 48.9 Å². The second kappa shape index (κ2) is 13.9. The van der Waals surface area contributed by atoms with Crippen molar-refractivity contribution in [1.29, 1.82) is 0 Å². The summed E-state index contributed by atoms with van der Waals surface area (Å²) < 4.78 is 30.8. The van der Waals surface area contributed by atoms with Gasteiger partial charge in [0.1, 0.15) is 29.4 Å². The van der Waals surface area contributed by atoms with E-state index in [1.54, 1.807) is 21.0 Å². The number of aliphatic hydroxyl groups is 1. The van der Waals surface area contributed by atoms with Crippen molar-refractivity contribution in [3.63, 3.8) is 0 Å². The van der Waals surface area contributed by atoms with Gasteiger partial charge in [0, 0.05) is 78.6 Å². The van der Waals surface area contributed by atoms with E-state index >= 15 is 4.79 Å². The fourth-order valence-corrected chi connectivity index (χ4v) is 14.8. The van der Waals surface area contributed by atoms with E-state index in [1.807, 2.05) is 43.1 Å². The summed E-state index contributed by atoms with van der Waals surface area (Å²) in [5, 5.41) is 32.4. The zero-order valence-electron chi connectivity index (χ0n) is 37.3. The van der Waals surface area contributed by atoms with Gasteiger partial charge in [0.25, 0.3) is 0 Å². The zero-order chi connectivity index (χ0) is 43.9. The fraction of sp³-hybridized carbons (Fsp3) is 0.646. The molecule has 8 aliphatic rings. The van der Waals surface area contributed by atoms with E-state index in [2.05, 4.69) is 41.4 Å². The standard InChI is InChI=1S/C48H62N4O10/c1-9-44-17-13-19-51-20-18-46(39(44)51)32-22-33(36(58-7)23-35(32)50(6)40(46)48(56,41(44)61-28(5)53)43(55)60-27(3)4)47(42(54)59-8)24-29-25-52(57,26-45(10-2)38(29)62-45)21-16-31-30-14-11-12-15-34(30)49-37(31)47/h11-15,17,22-23,27,29,31,37-41,49,56H,9-10,16,18-21,24-26H2,1-8H3/t29?,31?,37?,38?,39-,40+,41+,44+,45?,46+,47+,48-,52?/m1/s1. The third-order valence-corrected chi connectivity index (χ3v) is 16.9. The van der Waals surface area contributed by atoms with Crippen LogP contribution in [0.5, 0.6) is 5.75 Å². The molecule has 1 aliphatic carbocycles. The summed E-state index contributed by atoms with van der Waals surface area (Å²) in [6, 6.07) is 10.4. The van der Waals surface area contributed by atoms with E-state index in [-0.39, 0.29) is 35.0 Å². The molecule has 5 fully saturated rings. The van der Waals surface area contributed by atoms with Gasteiger partial charge in [-0.15, -0.1) is 0 Å². The number of para-hydroxylation sites is 1. The van der Waals surface area contributed by atoms with E-state index in [0.717, 1.165) is 22.5 Å². The quantitative estimate of drug-likeness (QED) is 0.0941. The lowest BCUT2D eigenvalue weighted by atomic mass is 9.47. The molecule has 14 nitrogen and oxygen atoms in total. The minimum absolute atomic E-state index is 0.187. The van der Waals surface area contributed by atoms with Gasteiger partial charge in [0.2, 0.25) is 5.60 Å². The predicted octanol–water partition coefficient (Wildman–Crippen LogP) is 4.69. The highest BCUT2D eigenvalue weighted by Crippen LogP contribution is 2.69. The number of fused-ring (bicyclic) bond motifs is 8. The van der Waals surface area contributed by atoms with Crippen molar-refractivity contribution in [3.05, 3.63) is 70.4 Å². The molecule has 2 aromatic carbocycles. The maximum atomic E-state index is 15.5. The third-order valence-electron chi connectivity index (χ3n) is 16.9. The Labute approximate surface area is 364 Å². The highest BCUT2D eigenvalue weighted by Gasteiger charge is 2.81.